The number of benzene rings is 1. The monoisotopic (exact) mass is 539 g/mol. The first kappa shape index (κ1) is 29.3. The first-order valence-corrected chi connectivity index (χ1v) is 15.1. The number of unbranched alkanes of at least 4 members (excludes halogenated alkanes) is 1. The van der Waals surface area contributed by atoms with Gasteiger partial charge < -0.3 is 1.43 Å². The Balaban J connectivity index is 0.00000241. The molecule has 0 radical (unpaired) electrons. The van der Waals surface area contributed by atoms with Crippen LogP contribution in [-0.2, 0) is 39.4 Å². The maximum absolute atomic E-state index is 12.8. The molecular weight excluding hydrogens is 505 g/mol. The number of hydrogen-bond donors (Lipinski definition) is 2. The molecule has 0 spiro atoms. The minimum absolute atomic E-state index is 0. The maximum atomic E-state index is 12.8. The van der Waals surface area contributed by atoms with Gasteiger partial charge in [-0.15, -0.1) is 0 Å². The second kappa shape index (κ2) is 12.1. The van der Waals surface area contributed by atoms with Crippen molar-refractivity contribution in [1.29, 1.82) is 0 Å². The number of aryl methyl sites for hydroxylation is 3. The summed E-state index contributed by atoms with van der Waals surface area (Å²) in [6.07, 6.45) is 6.04. The summed E-state index contributed by atoms with van der Waals surface area (Å²) >= 11 is 0. The molecule has 190 valence electrons. The van der Waals surface area contributed by atoms with Crippen LogP contribution in [0.15, 0.2) is 58.3 Å². The van der Waals surface area contributed by atoms with Crippen LogP contribution in [0.1, 0.15) is 69.1 Å². The Morgan fingerprint density at radius 1 is 0.889 bits per heavy atom. The topological polar surface area (TPSA) is 101 Å². The van der Waals surface area contributed by atoms with E-state index >= 15 is 0 Å². The van der Waals surface area contributed by atoms with Gasteiger partial charge in [-0.3, -0.25) is 4.55 Å². The molecule has 0 aromatic heterocycles. The Labute approximate surface area is 238 Å². The van der Waals surface area contributed by atoms with Crippen LogP contribution in [0.5, 0.6) is 0 Å². The van der Waals surface area contributed by atoms with Gasteiger partial charge >= 0.3 is 29.6 Å². The van der Waals surface area contributed by atoms with Gasteiger partial charge in [0.25, 0.3) is 10.1 Å². The van der Waals surface area contributed by atoms with Gasteiger partial charge in [-0.25, -0.2) is 13.1 Å². The third kappa shape index (κ3) is 6.78. The van der Waals surface area contributed by atoms with Crippen molar-refractivity contribution >= 4 is 20.1 Å². The second-order valence-corrected chi connectivity index (χ2v) is 12.8. The summed E-state index contributed by atoms with van der Waals surface area (Å²) in [5.74, 6) is 0.285. The molecule has 0 saturated heterocycles. The van der Waals surface area contributed by atoms with E-state index in [2.05, 4.69) is 18.6 Å². The summed E-state index contributed by atoms with van der Waals surface area (Å²) in [5, 5.41) is 0. The van der Waals surface area contributed by atoms with Crippen molar-refractivity contribution in [2.75, 3.05) is 6.54 Å². The van der Waals surface area contributed by atoms with Gasteiger partial charge in [-0.1, -0.05) is 44.2 Å². The predicted molar refractivity (Wildman–Crippen MR) is 139 cm³/mol. The second-order valence-electron chi connectivity index (χ2n) is 9.65. The molecule has 6 nitrogen and oxygen atoms in total. The van der Waals surface area contributed by atoms with E-state index in [1.54, 1.807) is 18.2 Å². The van der Waals surface area contributed by atoms with E-state index in [0.717, 1.165) is 47.9 Å². The van der Waals surface area contributed by atoms with E-state index < -0.39 is 20.1 Å². The molecule has 0 saturated carbocycles. The molecule has 1 aromatic rings. The van der Waals surface area contributed by atoms with Crippen molar-refractivity contribution in [3.05, 3.63) is 70.8 Å². The fourth-order valence-corrected chi connectivity index (χ4v) is 6.69. The van der Waals surface area contributed by atoms with Gasteiger partial charge in [0.05, 0.1) is 4.90 Å². The molecule has 0 aliphatic heterocycles. The van der Waals surface area contributed by atoms with E-state index in [-0.39, 0.29) is 41.8 Å². The first-order chi connectivity index (χ1) is 16.6. The maximum Gasteiger partial charge on any atom is 1.00 e. The number of fused-ring (bicyclic) bond motifs is 2. The predicted octanol–water partition coefficient (Wildman–Crippen LogP) is 2.46. The third-order valence-electron chi connectivity index (χ3n) is 6.83. The van der Waals surface area contributed by atoms with Gasteiger partial charge in [0.15, 0.2) is 0 Å². The molecule has 36 heavy (non-hydrogen) atoms. The standard InChI is InChI=1S/C27H33NO5S2.Na.H/c1-19(2)20-11-14-25-23(18-27(35(31,32)33)26(25)15-12-20)9-5-6-16-28-34(29,30)24-13-10-21-7-3-4-8-22(21)17-24;;/h10-15,17-19,28H,3-9,16H2,1-2H3,(H,31,32,33);;/q;+1;-1. The summed E-state index contributed by atoms with van der Waals surface area (Å²) in [4.78, 5) is 0.230. The molecule has 3 aliphatic carbocycles. The van der Waals surface area contributed by atoms with Gasteiger partial charge in [-0.2, -0.15) is 8.42 Å². The van der Waals surface area contributed by atoms with E-state index in [9.17, 15) is 21.4 Å². The Kier molecular flexibility index (Phi) is 9.82. The minimum Gasteiger partial charge on any atom is -1.00 e. The Morgan fingerprint density at radius 2 is 1.56 bits per heavy atom. The fraction of sp³-hybridized carbons (Fsp3) is 0.407. The fourth-order valence-electron chi connectivity index (χ4n) is 4.82. The SMILES string of the molecule is CC(C)c1ccc2c(CCCCNS(=O)(=O)c3ccc4c(c3)CCCC4)cc(S(=O)(=O)O)c-2cc1.[H-].[Na+]. The van der Waals surface area contributed by atoms with Crippen LogP contribution < -0.4 is 34.3 Å². The Morgan fingerprint density at radius 3 is 2.22 bits per heavy atom. The van der Waals surface area contributed by atoms with Crippen molar-refractivity contribution in [2.24, 2.45) is 0 Å². The van der Waals surface area contributed by atoms with Crippen LogP contribution in [0.2, 0.25) is 0 Å². The average Bonchev–Trinajstić information content (AvgIpc) is 3.01. The summed E-state index contributed by atoms with van der Waals surface area (Å²) in [7, 11) is -7.93. The van der Waals surface area contributed by atoms with Crippen LogP contribution >= 0.6 is 0 Å². The van der Waals surface area contributed by atoms with Crippen LogP contribution in [0, 0.1) is 0 Å². The zero-order valence-corrected chi connectivity index (χ0v) is 24.9. The van der Waals surface area contributed by atoms with Crippen molar-refractivity contribution in [1.82, 2.24) is 4.72 Å². The van der Waals surface area contributed by atoms with Crippen LogP contribution in [0.25, 0.3) is 11.1 Å². The van der Waals surface area contributed by atoms with E-state index in [1.165, 1.54) is 11.6 Å². The number of nitrogens with one attached hydrogen (secondary N) is 1. The summed E-state index contributed by atoms with van der Waals surface area (Å²) in [6, 6.07) is 14.5. The summed E-state index contributed by atoms with van der Waals surface area (Å²) in [5.41, 5.74) is 5.57. The molecule has 4 rings (SSSR count). The molecule has 9 heteroatoms. The third-order valence-corrected chi connectivity index (χ3v) is 9.18. The van der Waals surface area contributed by atoms with Crippen LogP contribution in [0.3, 0.4) is 0 Å². The first-order valence-electron chi connectivity index (χ1n) is 12.2. The van der Waals surface area contributed by atoms with Crippen molar-refractivity contribution in [3.63, 3.8) is 0 Å². The van der Waals surface area contributed by atoms with Crippen molar-refractivity contribution in [3.8, 4) is 11.1 Å². The van der Waals surface area contributed by atoms with Crippen LogP contribution in [0.4, 0.5) is 0 Å². The quantitative estimate of drug-likeness (QED) is 0.247. The summed E-state index contributed by atoms with van der Waals surface area (Å²) in [6.45, 7) is 4.43. The van der Waals surface area contributed by atoms with E-state index in [0.29, 0.717) is 36.3 Å². The zero-order chi connectivity index (χ0) is 25.2. The van der Waals surface area contributed by atoms with Gasteiger partial charge in [-0.05, 0) is 96.9 Å². The normalized spacial score (nSPS) is 14.0. The largest absolute Gasteiger partial charge is 1.00 e. The zero-order valence-electron chi connectivity index (χ0n) is 22.2. The number of rotatable bonds is 9. The molecule has 3 aliphatic rings. The van der Waals surface area contributed by atoms with Crippen molar-refractivity contribution < 1.29 is 52.4 Å². The number of sulfonamides is 1. The van der Waals surface area contributed by atoms with Crippen LogP contribution in [-0.4, -0.2) is 27.9 Å². The Bertz CT molecular complexity index is 1410. The average molecular weight is 540 g/mol. The number of hydrogen-bond acceptors (Lipinski definition) is 4. The molecule has 0 unspecified atom stereocenters. The van der Waals surface area contributed by atoms with Gasteiger partial charge in [0.2, 0.25) is 10.0 Å². The smallest absolute Gasteiger partial charge is 1.00 e. The molecule has 0 bridgehead atoms. The summed E-state index contributed by atoms with van der Waals surface area (Å²) < 4.78 is 61.9. The molecule has 1 aromatic carbocycles. The van der Waals surface area contributed by atoms with E-state index in [4.69, 9.17) is 0 Å². The van der Waals surface area contributed by atoms with Gasteiger partial charge in [0.1, 0.15) is 4.90 Å². The molecule has 2 N–H and O–H groups in total. The molecule has 0 amide bonds. The molecule has 0 heterocycles. The molecule has 0 atom stereocenters. The minimum atomic E-state index is -4.36. The van der Waals surface area contributed by atoms with E-state index in [1.807, 2.05) is 24.3 Å². The Hall–Kier alpha value is -1.26. The van der Waals surface area contributed by atoms with Gasteiger partial charge in [0, 0.05) is 12.1 Å². The van der Waals surface area contributed by atoms with Crippen molar-refractivity contribution in [2.45, 2.75) is 74.5 Å². The molecular formula is C27H34NNaO5S2. The molecule has 0 fully saturated rings.